The number of hydrogen-bond acceptors (Lipinski definition) is 6. The van der Waals surface area contributed by atoms with Crippen molar-refractivity contribution in [2.24, 2.45) is 0 Å². The molecule has 3 aromatic rings. The maximum absolute atomic E-state index is 12.1. The van der Waals surface area contributed by atoms with Gasteiger partial charge in [-0.2, -0.15) is 10.5 Å². The Morgan fingerprint density at radius 3 is 2.38 bits per heavy atom. The third kappa shape index (κ3) is 4.97. The molecule has 0 amide bonds. The number of nitriles is 2. The summed E-state index contributed by atoms with van der Waals surface area (Å²) in [5.41, 5.74) is 5.52. The van der Waals surface area contributed by atoms with Crippen molar-refractivity contribution in [3.8, 4) is 23.3 Å². The van der Waals surface area contributed by atoms with E-state index < -0.39 is 5.97 Å². The van der Waals surface area contributed by atoms with Gasteiger partial charge in [0.1, 0.15) is 11.2 Å². The number of ether oxygens (including phenoxy) is 1. The largest absolute Gasteiger partial charge is 0.462 e. The van der Waals surface area contributed by atoms with E-state index in [1.54, 1.807) is 31.3 Å². The molecule has 0 saturated carbocycles. The number of carbonyl (C=O) groups is 1. The fourth-order valence-corrected chi connectivity index (χ4v) is 3.61. The minimum atomic E-state index is -0.520. The van der Waals surface area contributed by atoms with Gasteiger partial charge in [0.15, 0.2) is 0 Å². The molecule has 7 nitrogen and oxygen atoms in total. The first-order valence-corrected chi connectivity index (χ1v) is 10.2. The predicted octanol–water partition coefficient (Wildman–Crippen LogP) is 4.40. The number of pyridine rings is 1. The van der Waals surface area contributed by atoms with Crippen molar-refractivity contribution in [2.75, 3.05) is 13.7 Å². The van der Waals surface area contributed by atoms with Gasteiger partial charge in [-0.05, 0) is 50.1 Å². The number of rotatable bonds is 5. The molecule has 0 bridgehead atoms. The van der Waals surface area contributed by atoms with Crippen LogP contribution in [0.1, 0.15) is 45.4 Å². The summed E-state index contributed by atoms with van der Waals surface area (Å²) in [6.07, 6.45) is 1.61. The second-order valence-electron chi connectivity index (χ2n) is 6.71. The Labute approximate surface area is 192 Å². The third-order valence-electron chi connectivity index (χ3n) is 4.93. The summed E-state index contributed by atoms with van der Waals surface area (Å²) >= 11 is 6.06. The summed E-state index contributed by atoms with van der Waals surface area (Å²) in [5.74, 6) is -0.520. The van der Waals surface area contributed by atoms with Gasteiger partial charge in [0.05, 0.1) is 29.4 Å². The lowest BCUT2D eigenvalue weighted by Crippen LogP contribution is -2.09. The summed E-state index contributed by atoms with van der Waals surface area (Å²) in [5, 5.41) is 25.9. The van der Waals surface area contributed by atoms with E-state index in [1.165, 1.54) is 0 Å². The zero-order chi connectivity index (χ0) is 23.8. The Balaban J connectivity index is 0.00000176. The van der Waals surface area contributed by atoms with Crippen molar-refractivity contribution in [2.45, 2.75) is 27.3 Å². The highest BCUT2D eigenvalue weighted by Crippen LogP contribution is 2.32. The molecule has 0 radical (unpaired) electrons. The lowest BCUT2D eigenvalue weighted by molar-refractivity contribution is 0.0526. The first-order chi connectivity index (χ1) is 15.4. The molecule has 0 aliphatic rings. The van der Waals surface area contributed by atoms with Gasteiger partial charge in [0.25, 0.3) is 0 Å². The minimum Gasteiger partial charge on any atom is -0.462 e. The zero-order valence-corrected chi connectivity index (χ0v) is 19.1. The van der Waals surface area contributed by atoms with Crippen molar-refractivity contribution in [1.29, 1.82) is 10.5 Å². The Morgan fingerprint density at radius 1 is 1.16 bits per heavy atom. The van der Waals surface area contributed by atoms with Crippen LogP contribution in [0, 0.1) is 36.5 Å². The molecule has 0 spiro atoms. The lowest BCUT2D eigenvalue weighted by atomic mass is 10.0. The van der Waals surface area contributed by atoms with Crippen molar-refractivity contribution in [3.63, 3.8) is 0 Å². The fourth-order valence-electron chi connectivity index (χ4n) is 3.43. The number of carbonyl (C=O) groups excluding carboxylic acids is 1. The molecule has 32 heavy (non-hydrogen) atoms. The first kappa shape index (κ1) is 24.6. The highest BCUT2D eigenvalue weighted by atomic mass is 35.5. The second-order valence-corrected chi connectivity index (χ2v) is 7.07. The van der Waals surface area contributed by atoms with Crippen LogP contribution in [0.25, 0.3) is 11.1 Å². The van der Waals surface area contributed by atoms with E-state index in [9.17, 15) is 10.1 Å². The fraction of sp³-hybridized carbons (Fsp3) is 0.250. The van der Waals surface area contributed by atoms with Crippen LogP contribution in [-0.2, 0) is 11.3 Å². The number of esters is 1. The molecule has 2 heterocycles. The van der Waals surface area contributed by atoms with Crippen LogP contribution in [0.15, 0.2) is 36.5 Å². The molecule has 3 rings (SSSR count). The molecule has 1 aromatic carbocycles. The van der Waals surface area contributed by atoms with Crippen molar-refractivity contribution < 1.29 is 14.6 Å². The summed E-state index contributed by atoms with van der Waals surface area (Å²) < 4.78 is 7.05. The van der Waals surface area contributed by atoms with Gasteiger partial charge in [0.2, 0.25) is 0 Å². The summed E-state index contributed by atoms with van der Waals surface area (Å²) in [4.78, 5) is 16.2. The van der Waals surface area contributed by atoms with Crippen molar-refractivity contribution in [3.05, 3.63) is 75.3 Å². The molecule has 0 aliphatic carbocycles. The molecule has 0 aliphatic heterocycles. The molecule has 1 N–H and O–H groups in total. The van der Waals surface area contributed by atoms with E-state index in [4.69, 9.17) is 26.7 Å². The van der Waals surface area contributed by atoms with E-state index in [0.717, 1.165) is 35.2 Å². The molecule has 0 saturated heterocycles. The Kier molecular flexibility index (Phi) is 8.54. The zero-order valence-electron chi connectivity index (χ0n) is 18.3. The van der Waals surface area contributed by atoms with E-state index >= 15 is 0 Å². The van der Waals surface area contributed by atoms with E-state index in [2.05, 4.69) is 17.1 Å². The maximum Gasteiger partial charge on any atom is 0.341 e. The minimum absolute atomic E-state index is 0.0918. The van der Waals surface area contributed by atoms with E-state index in [0.29, 0.717) is 17.7 Å². The normalized spacial score (nSPS) is 9.88. The van der Waals surface area contributed by atoms with E-state index in [-0.39, 0.29) is 17.3 Å². The molecule has 164 valence electrons. The number of aromatic nitrogens is 2. The van der Waals surface area contributed by atoms with Crippen LogP contribution < -0.4 is 0 Å². The van der Waals surface area contributed by atoms with Crippen LogP contribution in [0.2, 0.25) is 5.15 Å². The average Bonchev–Trinajstić information content (AvgIpc) is 3.05. The number of hydrogen-bond donors (Lipinski definition) is 1. The highest BCUT2D eigenvalue weighted by molar-refractivity contribution is 6.32. The number of nitrogens with zero attached hydrogens (tertiary/aromatic N) is 4. The smallest absolute Gasteiger partial charge is 0.341 e. The number of aliphatic hydroxyl groups excluding tert-OH is 1. The topological polar surface area (TPSA) is 112 Å². The molecule has 0 atom stereocenters. The van der Waals surface area contributed by atoms with Crippen molar-refractivity contribution >= 4 is 17.6 Å². The molecular weight excluding hydrogens is 428 g/mol. The molecule has 0 unspecified atom stereocenters. The summed E-state index contributed by atoms with van der Waals surface area (Å²) in [6.45, 7) is 6.21. The lowest BCUT2D eigenvalue weighted by Gasteiger charge is -2.11. The SMILES string of the molecule is CCOC(=O)c1cc(Cn2c(C)c(C#N)c(-c3ccc(C#N)cc3)c2C)cnc1Cl.CO. The van der Waals surface area contributed by atoms with Crippen LogP contribution in [0.5, 0.6) is 0 Å². The van der Waals surface area contributed by atoms with Gasteiger partial charge < -0.3 is 14.4 Å². The van der Waals surface area contributed by atoms with E-state index in [1.807, 2.05) is 30.5 Å². The number of halogens is 1. The Hall–Kier alpha value is -3.65. The van der Waals surface area contributed by atoms with Gasteiger partial charge in [-0.25, -0.2) is 9.78 Å². The second kappa shape index (κ2) is 11.1. The quantitative estimate of drug-likeness (QED) is 0.455. The number of aliphatic hydroxyl groups is 1. The van der Waals surface area contributed by atoms with Gasteiger partial charge in [-0.15, -0.1) is 0 Å². The Morgan fingerprint density at radius 2 is 1.81 bits per heavy atom. The maximum atomic E-state index is 12.1. The Bertz CT molecular complexity index is 1200. The van der Waals surface area contributed by atoms with Crippen molar-refractivity contribution in [1.82, 2.24) is 9.55 Å². The standard InChI is InChI=1S/C23H19ClN4O2.CH4O/c1-4-30-23(29)19-9-17(12-27-22(19)24)13-28-14(2)20(11-26)21(15(28)3)18-7-5-16(10-25)6-8-18;1-2/h5-9,12H,4,13H2,1-3H3;2H,1H3. The van der Waals surface area contributed by atoms with Crippen LogP contribution in [0.4, 0.5) is 0 Å². The molecular formula is C24H23ClN4O3. The number of benzene rings is 1. The first-order valence-electron chi connectivity index (χ1n) is 9.77. The average molecular weight is 451 g/mol. The monoisotopic (exact) mass is 450 g/mol. The van der Waals surface area contributed by atoms with Gasteiger partial charge in [-0.3, -0.25) is 0 Å². The summed E-state index contributed by atoms with van der Waals surface area (Å²) in [7, 11) is 1.00. The third-order valence-corrected chi connectivity index (χ3v) is 5.23. The predicted molar refractivity (Wildman–Crippen MR) is 121 cm³/mol. The molecule has 8 heteroatoms. The van der Waals surface area contributed by atoms with Gasteiger partial charge in [-0.1, -0.05) is 23.7 Å². The molecule has 0 fully saturated rings. The van der Waals surface area contributed by atoms with Crippen LogP contribution in [0.3, 0.4) is 0 Å². The van der Waals surface area contributed by atoms with Crippen LogP contribution >= 0.6 is 11.6 Å². The van der Waals surface area contributed by atoms with Gasteiger partial charge in [0, 0.05) is 36.8 Å². The van der Waals surface area contributed by atoms with Gasteiger partial charge >= 0.3 is 5.97 Å². The molecule has 2 aromatic heterocycles. The summed E-state index contributed by atoms with van der Waals surface area (Å²) in [6, 6.07) is 13.2. The van der Waals surface area contributed by atoms with Crippen LogP contribution in [-0.4, -0.2) is 34.3 Å². The highest BCUT2D eigenvalue weighted by Gasteiger charge is 2.20.